The van der Waals surface area contributed by atoms with Gasteiger partial charge in [-0.05, 0) is 37.8 Å². The topological polar surface area (TPSA) is 42.7 Å². The summed E-state index contributed by atoms with van der Waals surface area (Å²) < 4.78 is 1.98. The van der Waals surface area contributed by atoms with Gasteiger partial charge in [0.25, 0.3) is 0 Å². The standard InChI is InChI=1S/C14H18N4S/c1-19-14-5-3-2-4-12(14)13-10-18(17-16-13)9-11-6-7-15-8-11/h2-5,10-11,15H,6-9H2,1H3/t11-/m1/s1. The number of aromatic nitrogens is 3. The van der Waals surface area contributed by atoms with Gasteiger partial charge in [0.2, 0.25) is 0 Å². The van der Waals surface area contributed by atoms with Crippen LogP contribution in [-0.2, 0) is 6.54 Å². The Kier molecular flexibility index (Phi) is 3.84. The molecule has 1 N–H and O–H groups in total. The lowest BCUT2D eigenvalue weighted by Gasteiger charge is -2.06. The molecule has 5 heteroatoms. The van der Waals surface area contributed by atoms with Gasteiger partial charge in [-0.15, -0.1) is 16.9 Å². The number of rotatable bonds is 4. The average molecular weight is 274 g/mol. The molecule has 1 atom stereocenters. The van der Waals surface area contributed by atoms with E-state index >= 15 is 0 Å². The first-order valence-corrected chi connectivity index (χ1v) is 7.83. The Balaban J connectivity index is 1.80. The Labute approximate surface area is 117 Å². The van der Waals surface area contributed by atoms with Crippen LogP contribution in [0.5, 0.6) is 0 Å². The molecule has 1 saturated heterocycles. The van der Waals surface area contributed by atoms with E-state index in [0.29, 0.717) is 5.92 Å². The highest BCUT2D eigenvalue weighted by Crippen LogP contribution is 2.28. The first-order chi connectivity index (χ1) is 9.36. The Morgan fingerprint density at radius 1 is 1.42 bits per heavy atom. The van der Waals surface area contributed by atoms with Crippen LogP contribution >= 0.6 is 11.8 Å². The summed E-state index contributed by atoms with van der Waals surface area (Å²) >= 11 is 1.75. The third-order valence-corrected chi connectivity index (χ3v) is 4.33. The van der Waals surface area contributed by atoms with Gasteiger partial charge in [-0.1, -0.05) is 23.4 Å². The molecule has 0 unspecified atom stereocenters. The second-order valence-electron chi connectivity index (χ2n) is 4.88. The van der Waals surface area contributed by atoms with E-state index in [4.69, 9.17) is 0 Å². The first-order valence-electron chi connectivity index (χ1n) is 6.61. The molecule has 0 spiro atoms. The first kappa shape index (κ1) is 12.7. The van der Waals surface area contributed by atoms with Gasteiger partial charge in [0.1, 0.15) is 5.69 Å². The molecule has 1 aromatic heterocycles. The maximum absolute atomic E-state index is 4.32. The Hall–Kier alpha value is -1.33. The lowest BCUT2D eigenvalue weighted by atomic mass is 10.1. The van der Waals surface area contributed by atoms with Crippen molar-refractivity contribution in [3.63, 3.8) is 0 Å². The zero-order valence-corrected chi connectivity index (χ0v) is 11.9. The van der Waals surface area contributed by atoms with Crippen molar-refractivity contribution in [2.75, 3.05) is 19.3 Å². The molecular weight excluding hydrogens is 256 g/mol. The maximum atomic E-state index is 4.32. The van der Waals surface area contributed by atoms with Crippen molar-refractivity contribution in [3.05, 3.63) is 30.5 Å². The van der Waals surface area contributed by atoms with Crippen molar-refractivity contribution in [1.29, 1.82) is 0 Å². The molecule has 3 rings (SSSR count). The largest absolute Gasteiger partial charge is 0.316 e. The van der Waals surface area contributed by atoms with E-state index in [0.717, 1.165) is 25.3 Å². The molecule has 0 saturated carbocycles. The van der Waals surface area contributed by atoms with E-state index in [1.165, 1.54) is 16.9 Å². The zero-order valence-electron chi connectivity index (χ0n) is 11.0. The summed E-state index contributed by atoms with van der Waals surface area (Å²) in [6.07, 6.45) is 5.39. The third kappa shape index (κ3) is 2.82. The highest BCUT2D eigenvalue weighted by molar-refractivity contribution is 7.98. The molecular formula is C14H18N4S. The molecule has 0 radical (unpaired) electrons. The molecule has 1 aliphatic heterocycles. The van der Waals surface area contributed by atoms with E-state index in [-0.39, 0.29) is 0 Å². The number of nitrogens with zero attached hydrogens (tertiary/aromatic N) is 3. The van der Waals surface area contributed by atoms with Crippen LogP contribution in [0.15, 0.2) is 35.4 Å². The zero-order chi connectivity index (χ0) is 13.1. The average Bonchev–Trinajstić information content (AvgIpc) is 3.11. The smallest absolute Gasteiger partial charge is 0.114 e. The molecule has 1 aliphatic rings. The minimum absolute atomic E-state index is 0.686. The van der Waals surface area contributed by atoms with Crippen molar-refractivity contribution < 1.29 is 0 Å². The predicted octanol–water partition coefficient (Wildman–Crippen LogP) is 2.28. The second-order valence-corrected chi connectivity index (χ2v) is 5.73. The van der Waals surface area contributed by atoms with Crippen LogP contribution in [0.4, 0.5) is 0 Å². The summed E-state index contributed by atoms with van der Waals surface area (Å²) in [6, 6.07) is 8.34. The molecule has 4 nitrogen and oxygen atoms in total. The van der Waals surface area contributed by atoms with Gasteiger partial charge in [-0.3, -0.25) is 4.68 Å². The molecule has 2 aromatic rings. The van der Waals surface area contributed by atoms with Crippen molar-refractivity contribution >= 4 is 11.8 Å². The van der Waals surface area contributed by atoms with Gasteiger partial charge in [-0.2, -0.15) is 0 Å². The molecule has 0 aliphatic carbocycles. The Morgan fingerprint density at radius 3 is 3.11 bits per heavy atom. The van der Waals surface area contributed by atoms with Crippen molar-refractivity contribution in [2.24, 2.45) is 5.92 Å². The van der Waals surface area contributed by atoms with Gasteiger partial charge < -0.3 is 5.32 Å². The normalized spacial score (nSPS) is 18.9. The lowest BCUT2D eigenvalue weighted by Crippen LogP contribution is -2.14. The molecule has 0 amide bonds. The highest BCUT2D eigenvalue weighted by Gasteiger charge is 2.16. The van der Waals surface area contributed by atoms with Crippen molar-refractivity contribution in [1.82, 2.24) is 20.3 Å². The quantitative estimate of drug-likeness (QED) is 0.869. The fourth-order valence-electron chi connectivity index (χ4n) is 2.50. The molecule has 0 bridgehead atoms. The van der Waals surface area contributed by atoms with E-state index in [1.807, 2.05) is 4.68 Å². The van der Waals surface area contributed by atoms with Crippen molar-refractivity contribution in [2.45, 2.75) is 17.9 Å². The molecule has 100 valence electrons. The van der Waals surface area contributed by atoms with Gasteiger partial charge in [0, 0.05) is 17.0 Å². The molecule has 2 heterocycles. The van der Waals surface area contributed by atoms with Gasteiger partial charge in [0.15, 0.2) is 0 Å². The van der Waals surface area contributed by atoms with E-state index < -0.39 is 0 Å². The van der Waals surface area contributed by atoms with E-state index in [1.54, 1.807) is 11.8 Å². The second kappa shape index (κ2) is 5.75. The summed E-state index contributed by atoms with van der Waals surface area (Å²) in [4.78, 5) is 1.25. The van der Waals surface area contributed by atoms with Crippen LogP contribution in [-0.4, -0.2) is 34.3 Å². The van der Waals surface area contributed by atoms with Gasteiger partial charge in [0.05, 0.1) is 6.20 Å². The fourth-order valence-corrected chi connectivity index (χ4v) is 3.11. The SMILES string of the molecule is CSc1ccccc1-c1cn(C[C@@H]2CCNC2)nn1. The van der Waals surface area contributed by atoms with Crippen LogP contribution < -0.4 is 5.32 Å². The predicted molar refractivity (Wildman–Crippen MR) is 78.2 cm³/mol. The highest BCUT2D eigenvalue weighted by atomic mass is 32.2. The van der Waals surface area contributed by atoms with E-state index in [2.05, 4.69) is 52.3 Å². The van der Waals surface area contributed by atoms with Gasteiger partial charge >= 0.3 is 0 Å². The number of benzene rings is 1. The van der Waals surface area contributed by atoms with E-state index in [9.17, 15) is 0 Å². The minimum atomic E-state index is 0.686. The lowest BCUT2D eigenvalue weighted by molar-refractivity contribution is 0.441. The summed E-state index contributed by atoms with van der Waals surface area (Å²) in [5, 5.41) is 12.0. The number of thioether (sulfide) groups is 1. The van der Waals surface area contributed by atoms with Crippen molar-refractivity contribution in [3.8, 4) is 11.3 Å². The minimum Gasteiger partial charge on any atom is -0.316 e. The molecule has 1 aromatic carbocycles. The molecule has 1 fully saturated rings. The third-order valence-electron chi connectivity index (χ3n) is 3.53. The Bertz CT molecular complexity index is 546. The molecule has 19 heavy (non-hydrogen) atoms. The van der Waals surface area contributed by atoms with Crippen LogP contribution in [0.1, 0.15) is 6.42 Å². The fraction of sp³-hybridized carbons (Fsp3) is 0.429. The monoisotopic (exact) mass is 274 g/mol. The summed E-state index contributed by atoms with van der Waals surface area (Å²) in [5.74, 6) is 0.686. The summed E-state index contributed by atoms with van der Waals surface area (Å²) in [5.41, 5.74) is 2.14. The van der Waals surface area contributed by atoms with Gasteiger partial charge in [-0.25, -0.2) is 0 Å². The van der Waals surface area contributed by atoms with Crippen LogP contribution in [0.25, 0.3) is 11.3 Å². The maximum Gasteiger partial charge on any atom is 0.114 e. The van der Waals surface area contributed by atoms with Crippen LogP contribution in [0.2, 0.25) is 0 Å². The number of nitrogens with one attached hydrogen (secondary N) is 1. The van der Waals surface area contributed by atoms with Crippen LogP contribution in [0.3, 0.4) is 0 Å². The Morgan fingerprint density at radius 2 is 2.32 bits per heavy atom. The number of hydrogen-bond donors (Lipinski definition) is 1. The summed E-state index contributed by atoms with van der Waals surface area (Å²) in [6.45, 7) is 3.18. The number of hydrogen-bond acceptors (Lipinski definition) is 4. The summed E-state index contributed by atoms with van der Waals surface area (Å²) in [7, 11) is 0. The van der Waals surface area contributed by atoms with Crippen LogP contribution in [0, 0.1) is 5.92 Å².